The van der Waals surface area contributed by atoms with Gasteiger partial charge in [-0.3, -0.25) is 6.08 Å². The van der Waals surface area contributed by atoms with Crippen LogP contribution in [0.15, 0.2) is 60.2 Å². The molecule has 0 N–H and O–H groups in total. The molecule has 1 nitrogen and oxygen atoms in total. The van der Waals surface area contributed by atoms with Gasteiger partial charge in [0.15, 0.2) is 8.32 Å². The van der Waals surface area contributed by atoms with Crippen LogP contribution in [0.1, 0.15) is 33.1 Å². The van der Waals surface area contributed by atoms with E-state index in [9.17, 15) is 0 Å². The Morgan fingerprint density at radius 2 is 1.79 bits per heavy atom. The Labute approximate surface area is 200 Å². The minimum atomic E-state index is -1.28. The van der Waals surface area contributed by atoms with Crippen molar-refractivity contribution in [3.8, 4) is 0 Å². The standard InChI is InChI=1S/C11H19OSi.C9H7.C3H6.2ClH.Zr/c1-13(2,3)12-10-6-9-11-7-4-5-8-11;1-2-5-9-7-3-6-8(9)4-1;1-3-2;;;/h4,7H,5-6,9-10H2,1-3H3;1-7H;1-2H3;2*1H;/q2*-1;;;;+2/p-2. The number of fused-ring (bicyclic) bond motifs is 1. The van der Waals surface area contributed by atoms with Crippen LogP contribution < -0.4 is 24.8 Å². The van der Waals surface area contributed by atoms with Crippen molar-refractivity contribution in [1.82, 2.24) is 0 Å². The molecule has 0 radical (unpaired) electrons. The molecule has 0 aliphatic heterocycles. The van der Waals surface area contributed by atoms with E-state index in [2.05, 4.69) is 94.2 Å². The topological polar surface area (TPSA) is 9.23 Å². The number of hydrogen-bond donors (Lipinski definition) is 0. The SMILES string of the molecule is C[C](C)=[Zr+2].C[Si](C)(C)OCCCC1=[C-]CC=C1.[Cl-].[Cl-].c1ccc2[cH-]ccc2c1. The van der Waals surface area contributed by atoms with Gasteiger partial charge in [0.05, 0.1) is 0 Å². The summed E-state index contributed by atoms with van der Waals surface area (Å²) in [5, 5.41) is 2.66. The van der Waals surface area contributed by atoms with Crippen molar-refractivity contribution < 1.29 is 53.5 Å². The molecular weight excluding hydrogens is 482 g/mol. The van der Waals surface area contributed by atoms with Gasteiger partial charge in [-0.2, -0.15) is 23.6 Å². The van der Waals surface area contributed by atoms with Crippen molar-refractivity contribution in [2.45, 2.75) is 52.8 Å². The first kappa shape index (κ1) is 30.0. The number of halogens is 2. The Kier molecular flexibility index (Phi) is 17.8. The van der Waals surface area contributed by atoms with E-state index < -0.39 is 8.32 Å². The van der Waals surface area contributed by atoms with E-state index >= 15 is 0 Å². The van der Waals surface area contributed by atoms with E-state index in [0.717, 1.165) is 25.9 Å². The zero-order valence-corrected chi connectivity index (χ0v) is 22.7. The molecule has 5 heteroatoms. The second-order valence-corrected chi connectivity index (χ2v) is 14.5. The molecule has 0 spiro atoms. The quantitative estimate of drug-likeness (QED) is 0.323. The fraction of sp³-hybridized carbons (Fsp3) is 0.391. The molecule has 0 aromatic heterocycles. The summed E-state index contributed by atoms with van der Waals surface area (Å²) in [4.78, 5) is 0. The molecule has 0 fully saturated rings. The average Bonchev–Trinajstić information content (AvgIpc) is 3.22. The van der Waals surface area contributed by atoms with Crippen LogP contribution in [-0.2, 0) is 28.7 Å². The Morgan fingerprint density at radius 3 is 2.32 bits per heavy atom. The van der Waals surface area contributed by atoms with Crippen molar-refractivity contribution in [3.05, 3.63) is 66.3 Å². The maximum atomic E-state index is 5.76. The third-order valence-electron chi connectivity index (χ3n) is 3.44. The van der Waals surface area contributed by atoms with Gasteiger partial charge in [0, 0.05) is 6.61 Å². The maximum Gasteiger partial charge on any atom is 0.183 e. The first-order valence-corrected chi connectivity index (χ1v) is 13.9. The number of allylic oxidation sites excluding steroid dienone is 4. The Morgan fingerprint density at radius 1 is 1.14 bits per heavy atom. The Balaban J connectivity index is 0. The molecule has 1 aliphatic rings. The van der Waals surface area contributed by atoms with E-state index in [1.807, 2.05) is 0 Å². The van der Waals surface area contributed by atoms with Gasteiger partial charge in [-0.1, -0.05) is 12.5 Å². The molecule has 154 valence electrons. The Bertz CT molecular complexity index is 695. The first-order valence-electron chi connectivity index (χ1n) is 9.30. The van der Waals surface area contributed by atoms with Gasteiger partial charge >= 0.3 is 41.3 Å². The van der Waals surface area contributed by atoms with Crippen molar-refractivity contribution >= 4 is 22.3 Å². The van der Waals surface area contributed by atoms with Gasteiger partial charge in [0.1, 0.15) is 0 Å². The van der Waals surface area contributed by atoms with Gasteiger partial charge in [0.2, 0.25) is 0 Å². The summed E-state index contributed by atoms with van der Waals surface area (Å²) >= 11 is 1.55. The third-order valence-corrected chi connectivity index (χ3v) is 4.51. The average molecular weight is 515 g/mol. The van der Waals surface area contributed by atoms with Crippen LogP contribution in [-0.4, -0.2) is 18.1 Å². The van der Waals surface area contributed by atoms with Crippen LogP contribution in [0.25, 0.3) is 10.8 Å². The maximum absolute atomic E-state index is 5.76. The predicted octanol–water partition coefficient (Wildman–Crippen LogP) is 0.620. The summed E-state index contributed by atoms with van der Waals surface area (Å²) in [7, 11) is -1.28. The normalized spacial score (nSPS) is 11.9. The monoisotopic (exact) mass is 512 g/mol. The van der Waals surface area contributed by atoms with Crippen LogP contribution in [0, 0.1) is 6.08 Å². The predicted molar refractivity (Wildman–Crippen MR) is 115 cm³/mol. The van der Waals surface area contributed by atoms with E-state index in [-0.39, 0.29) is 24.8 Å². The van der Waals surface area contributed by atoms with Gasteiger partial charge in [-0.05, 0) is 26.1 Å². The summed E-state index contributed by atoms with van der Waals surface area (Å²) < 4.78 is 7.27. The molecule has 2 aromatic carbocycles. The minimum absolute atomic E-state index is 0. The molecule has 0 atom stereocenters. The van der Waals surface area contributed by atoms with Crippen molar-refractivity contribution in [3.63, 3.8) is 0 Å². The number of benzene rings is 1. The van der Waals surface area contributed by atoms with E-state index in [4.69, 9.17) is 4.43 Å². The molecule has 1 aliphatic carbocycles. The first-order chi connectivity index (χ1) is 12.3. The van der Waals surface area contributed by atoms with E-state index in [1.165, 1.54) is 19.6 Å². The van der Waals surface area contributed by atoms with Gasteiger partial charge < -0.3 is 29.2 Å². The molecule has 0 saturated carbocycles. The molecule has 0 bridgehead atoms. The summed E-state index contributed by atoms with van der Waals surface area (Å²) in [5.41, 5.74) is 1.36. The van der Waals surface area contributed by atoms with Crippen molar-refractivity contribution in [2.75, 3.05) is 6.61 Å². The summed E-state index contributed by atoms with van der Waals surface area (Å²) in [5.74, 6) is 0. The zero-order valence-electron chi connectivity index (χ0n) is 17.7. The van der Waals surface area contributed by atoms with Crippen LogP contribution >= 0.6 is 0 Å². The molecular formula is C23H32Cl2OSiZr-2. The molecule has 2 aromatic rings. The van der Waals surface area contributed by atoms with Gasteiger partial charge in [-0.15, -0.1) is 36.1 Å². The fourth-order valence-electron chi connectivity index (χ4n) is 2.33. The van der Waals surface area contributed by atoms with Gasteiger partial charge in [0.25, 0.3) is 0 Å². The molecule has 0 saturated heterocycles. The molecule has 0 heterocycles. The van der Waals surface area contributed by atoms with Crippen LogP contribution in [0.3, 0.4) is 0 Å². The van der Waals surface area contributed by atoms with Crippen molar-refractivity contribution in [2.24, 2.45) is 0 Å². The molecule has 0 unspecified atom stereocenters. The molecule has 0 amide bonds. The van der Waals surface area contributed by atoms with Crippen LogP contribution in [0.5, 0.6) is 0 Å². The second kappa shape index (κ2) is 16.6. The molecule has 28 heavy (non-hydrogen) atoms. The largest absolute Gasteiger partial charge is 1.00 e. The summed E-state index contributed by atoms with van der Waals surface area (Å²) in [6.45, 7) is 11.8. The number of hydrogen-bond acceptors (Lipinski definition) is 1. The number of rotatable bonds is 5. The third kappa shape index (κ3) is 15.7. The molecule has 3 rings (SSSR count). The minimum Gasteiger partial charge on any atom is -1.00 e. The van der Waals surface area contributed by atoms with Crippen LogP contribution in [0.2, 0.25) is 19.6 Å². The summed E-state index contributed by atoms with van der Waals surface area (Å²) in [6, 6.07) is 14.7. The fourth-order valence-corrected chi connectivity index (χ4v) is 3.09. The van der Waals surface area contributed by atoms with Gasteiger partial charge in [-0.25, -0.2) is 11.6 Å². The second-order valence-electron chi connectivity index (χ2n) is 7.53. The smallest absolute Gasteiger partial charge is 0.183 e. The Hall–Kier alpha value is -0.180. The van der Waals surface area contributed by atoms with Crippen molar-refractivity contribution in [1.29, 1.82) is 0 Å². The van der Waals surface area contributed by atoms with E-state index in [0.29, 0.717) is 0 Å². The van der Waals surface area contributed by atoms with Crippen LogP contribution in [0.4, 0.5) is 0 Å². The summed E-state index contributed by atoms with van der Waals surface area (Å²) in [6.07, 6.45) is 10.9. The van der Waals surface area contributed by atoms with E-state index in [1.54, 1.807) is 24.2 Å². The zero-order chi connectivity index (χ0) is 19.4.